The standard InChI is InChI=1S/C12H17NO3/c1-4-13(8(2)3)12(16)9-5-10(14)7-11(15)6-9/h5-8,14-15H,4H2,1-3H3. The Morgan fingerprint density at radius 1 is 1.25 bits per heavy atom. The van der Waals surface area contributed by atoms with Gasteiger partial charge in [0.15, 0.2) is 0 Å². The number of carbonyl (C=O) groups excluding carboxylic acids is 1. The van der Waals surface area contributed by atoms with Crippen molar-refractivity contribution in [3.8, 4) is 11.5 Å². The van der Waals surface area contributed by atoms with Crippen LogP contribution in [0.5, 0.6) is 11.5 Å². The third-order valence-corrected chi connectivity index (χ3v) is 2.37. The van der Waals surface area contributed by atoms with Gasteiger partial charge in [-0.3, -0.25) is 4.79 Å². The average molecular weight is 223 g/mol. The van der Waals surface area contributed by atoms with Gasteiger partial charge in [0.1, 0.15) is 11.5 Å². The average Bonchev–Trinajstić information content (AvgIpc) is 2.16. The highest BCUT2D eigenvalue weighted by Gasteiger charge is 2.17. The van der Waals surface area contributed by atoms with Gasteiger partial charge < -0.3 is 15.1 Å². The van der Waals surface area contributed by atoms with Crippen molar-refractivity contribution in [3.05, 3.63) is 23.8 Å². The van der Waals surface area contributed by atoms with Gasteiger partial charge >= 0.3 is 0 Å². The van der Waals surface area contributed by atoms with Crippen molar-refractivity contribution in [3.63, 3.8) is 0 Å². The van der Waals surface area contributed by atoms with Gasteiger partial charge in [0.05, 0.1) is 0 Å². The molecule has 0 fully saturated rings. The van der Waals surface area contributed by atoms with Gasteiger partial charge in [0, 0.05) is 24.2 Å². The molecule has 0 unspecified atom stereocenters. The molecule has 4 heteroatoms. The summed E-state index contributed by atoms with van der Waals surface area (Å²) in [6.07, 6.45) is 0. The highest BCUT2D eigenvalue weighted by atomic mass is 16.3. The summed E-state index contributed by atoms with van der Waals surface area (Å²) >= 11 is 0. The molecular weight excluding hydrogens is 206 g/mol. The molecule has 0 heterocycles. The molecule has 1 amide bonds. The van der Waals surface area contributed by atoms with E-state index in [2.05, 4.69) is 0 Å². The summed E-state index contributed by atoms with van der Waals surface area (Å²) < 4.78 is 0. The van der Waals surface area contributed by atoms with Crippen LogP contribution in [0.1, 0.15) is 31.1 Å². The first kappa shape index (κ1) is 12.4. The fourth-order valence-electron chi connectivity index (χ4n) is 1.63. The molecular formula is C12H17NO3. The molecule has 0 aliphatic carbocycles. The SMILES string of the molecule is CCN(C(=O)c1cc(O)cc(O)c1)C(C)C. The first-order valence-electron chi connectivity index (χ1n) is 5.29. The van der Waals surface area contributed by atoms with E-state index in [-0.39, 0.29) is 23.4 Å². The normalized spacial score (nSPS) is 10.5. The Bertz CT molecular complexity index is 368. The number of aromatic hydroxyl groups is 2. The molecule has 0 saturated heterocycles. The van der Waals surface area contributed by atoms with Gasteiger partial charge in [-0.2, -0.15) is 0 Å². The van der Waals surface area contributed by atoms with Crippen LogP contribution in [0.4, 0.5) is 0 Å². The smallest absolute Gasteiger partial charge is 0.254 e. The predicted octanol–water partition coefficient (Wildman–Crippen LogP) is 1.97. The summed E-state index contributed by atoms with van der Waals surface area (Å²) in [5.74, 6) is -0.407. The fraction of sp³-hybridized carbons (Fsp3) is 0.417. The van der Waals surface area contributed by atoms with E-state index in [4.69, 9.17) is 0 Å². The van der Waals surface area contributed by atoms with Crippen molar-refractivity contribution in [2.45, 2.75) is 26.8 Å². The molecule has 0 aliphatic heterocycles. The number of carbonyl (C=O) groups is 1. The van der Waals surface area contributed by atoms with Crippen molar-refractivity contribution in [2.75, 3.05) is 6.54 Å². The van der Waals surface area contributed by atoms with E-state index in [0.29, 0.717) is 12.1 Å². The van der Waals surface area contributed by atoms with Gasteiger partial charge in [-0.25, -0.2) is 0 Å². The minimum absolute atomic E-state index is 0.0852. The van der Waals surface area contributed by atoms with Crippen molar-refractivity contribution in [1.82, 2.24) is 4.90 Å². The van der Waals surface area contributed by atoms with Crippen LogP contribution in [0.2, 0.25) is 0 Å². The Hall–Kier alpha value is -1.71. The molecule has 16 heavy (non-hydrogen) atoms. The zero-order chi connectivity index (χ0) is 12.3. The molecule has 0 aromatic heterocycles. The maximum absolute atomic E-state index is 12.0. The highest BCUT2D eigenvalue weighted by Crippen LogP contribution is 2.21. The molecule has 1 aromatic rings. The van der Waals surface area contributed by atoms with Gasteiger partial charge in [-0.15, -0.1) is 0 Å². The molecule has 1 aromatic carbocycles. The minimum atomic E-state index is -0.191. The molecule has 0 aliphatic rings. The number of hydrogen-bond acceptors (Lipinski definition) is 3. The van der Waals surface area contributed by atoms with Crippen LogP contribution in [0.3, 0.4) is 0 Å². The quantitative estimate of drug-likeness (QED) is 0.823. The number of hydrogen-bond donors (Lipinski definition) is 2. The summed E-state index contributed by atoms with van der Waals surface area (Å²) in [5, 5.41) is 18.6. The lowest BCUT2D eigenvalue weighted by molar-refractivity contribution is 0.0716. The lowest BCUT2D eigenvalue weighted by Gasteiger charge is -2.25. The highest BCUT2D eigenvalue weighted by molar-refractivity contribution is 5.95. The van der Waals surface area contributed by atoms with Gasteiger partial charge in [-0.1, -0.05) is 0 Å². The van der Waals surface area contributed by atoms with E-state index >= 15 is 0 Å². The predicted molar refractivity (Wildman–Crippen MR) is 61.6 cm³/mol. The fourth-order valence-corrected chi connectivity index (χ4v) is 1.63. The number of nitrogens with zero attached hydrogens (tertiary/aromatic N) is 1. The van der Waals surface area contributed by atoms with Crippen LogP contribution >= 0.6 is 0 Å². The van der Waals surface area contributed by atoms with E-state index in [1.807, 2.05) is 20.8 Å². The Kier molecular flexibility index (Phi) is 3.77. The number of rotatable bonds is 3. The van der Waals surface area contributed by atoms with Crippen molar-refractivity contribution in [1.29, 1.82) is 0 Å². The van der Waals surface area contributed by atoms with Crippen molar-refractivity contribution in [2.24, 2.45) is 0 Å². The number of phenols is 2. The maximum Gasteiger partial charge on any atom is 0.254 e. The van der Waals surface area contributed by atoms with Crippen LogP contribution in [0.15, 0.2) is 18.2 Å². The summed E-state index contributed by atoms with van der Waals surface area (Å²) in [6, 6.07) is 3.99. The van der Waals surface area contributed by atoms with E-state index < -0.39 is 0 Å². The summed E-state index contributed by atoms with van der Waals surface area (Å²) in [5.41, 5.74) is 0.299. The van der Waals surface area contributed by atoms with Crippen LogP contribution in [-0.4, -0.2) is 33.6 Å². The Morgan fingerprint density at radius 2 is 1.75 bits per heavy atom. The zero-order valence-electron chi connectivity index (χ0n) is 9.77. The van der Waals surface area contributed by atoms with E-state index in [9.17, 15) is 15.0 Å². The molecule has 1 rings (SSSR count). The zero-order valence-corrected chi connectivity index (χ0v) is 9.77. The van der Waals surface area contributed by atoms with Crippen LogP contribution in [0.25, 0.3) is 0 Å². The summed E-state index contributed by atoms with van der Waals surface area (Å²) in [6.45, 7) is 6.32. The summed E-state index contributed by atoms with van der Waals surface area (Å²) in [4.78, 5) is 13.7. The molecule has 2 N–H and O–H groups in total. The molecule has 4 nitrogen and oxygen atoms in total. The Balaban J connectivity index is 3.03. The van der Waals surface area contributed by atoms with E-state index in [1.165, 1.54) is 18.2 Å². The Labute approximate surface area is 95.1 Å². The molecule has 0 radical (unpaired) electrons. The lowest BCUT2D eigenvalue weighted by atomic mass is 10.1. The molecule has 0 saturated carbocycles. The third-order valence-electron chi connectivity index (χ3n) is 2.37. The first-order chi connectivity index (χ1) is 7.45. The van der Waals surface area contributed by atoms with Gasteiger partial charge in [-0.05, 0) is 32.9 Å². The Morgan fingerprint density at radius 3 is 2.12 bits per heavy atom. The second kappa shape index (κ2) is 4.88. The third kappa shape index (κ3) is 2.66. The van der Waals surface area contributed by atoms with Crippen molar-refractivity contribution >= 4 is 5.91 Å². The maximum atomic E-state index is 12.0. The second-order valence-corrected chi connectivity index (χ2v) is 3.92. The van der Waals surface area contributed by atoms with E-state index in [1.54, 1.807) is 4.90 Å². The molecule has 88 valence electrons. The molecule has 0 bridgehead atoms. The van der Waals surface area contributed by atoms with Crippen LogP contribution in [-0.2, 0) is 0 Å². The van der Waals surface area contributed by atoms with Crippen LogP contribution < -0.4 is 0 Å². The summed E-state index contributed by atoms with van der Waals surface area (Å²) in [7, 11) is 0. The van der Waals surface area contributed by atoms with E-state index in [0.717, 1.165) is 0 Å². The lowest BCUT2D eigenvalue weighted by Crippen LogP contribution is -2.36. The molecule has 0 atom stereocenters. The first-order valence-corrected chi connectivity index (χ1v) is 5.29. The largest absolute Gasteiger partial charge is 0.508 e. The van der Waals surface area contributed by atoms with Gasteiger partial charge in [0.25, 0.3) is 5.91 Å². The van der Waals surface area contributed by atoms with Crippen molar-refractivity contribution < 1.29 is 15.0 Å². The second-order valence-electron chi connectivity index (χ2n) is 3.92. The topological polar surface area (TPSA) is 60.8 Å². The van der Waals surface area contributed by atoms with Gasteiger partial charge in [0.2, 0.25) is 0 Å². The van der Waals surface area contributed by atoms with Crippen LogP contribution in [0, 0.1) is 0 Å². The number of phenolic OH excluding ortho intramolecular Hbond substituents is 2. The monoisotopic (exact) mass is 223 g/mol. The number of benzene rings is 1. The molecule has 0 spiro atoms. The number of amides is 1. The minimum Gasteiger partial charge on any atom is -0.508 e.